The maximum atomic E-state index is 12.2. The Bertz CT molecular complexity index is 952. The molecule has 2 N–H and O–H groups in total. The van der Waals surface area contributed by atoms with Crippen molar-refractivity contribution >= 4 is 28.6 Å². The minimum atomic E-state index is -0.0428. The minimum Gasteiger partial charge on any atom is -0.381 e. The summed E-state index contributed by atoms with van der Waals surface area (Å²) in [4.78, 5) is 26.9. The zero-order valence-electron chi connectivity index (χ0n) is 14.6. The second-order valence-corrected chi connectivity index (χ2v) is 6.13. The average molecular weight is 348 g/mol. The van der Waals surface area contributed by atoms with Gasteiger partial charge in [-0.25, -0.2) is 14.8 Å². The quantitative estimate of drug-likeness (QED) is 0.757. The van der Waals surface area contributed by atoms with Crippen LogP contribution < -0.4 is 15.5 Å². The highest BCUT2D eigenvalue weighted by molar-refractivity contribution is 5.94. The van der Waals surface area contributed by atoms with Crippen LogP contribution in [0.1, 0.15) is 18.1 Å². The molecule has 0 atom stereocenters. The summed E-state index contributed by atoms with van der Waals surface area (Å²) in [5, 5.41) is 6.29. The highest BCUT2D eigenvalue weighted by Crippen LogP contribution is 2.31. The van der Waals surface area contributed by atoms with E-state index in [4.69, 9.17) is 0 Å². The number of carbonyl (C=O) groups excluding carboxylic acids is 1. The van der Waals surface area contributed by atoms with Crippen LogP contribution in [-0.2, 0) is 13.0 Å². The van der Waals surface area contributed by atoms with Crippen LogP contribution in [0.5, 0.6) is 0 Å². The number of carbonyl (C=O) groups is 1. The van der Waals surface area contributed by atoms with Gasteiger partial charge < -0.3 is 10.6 Å². The van der Waals surface area contributed by atoms with Crippen LogP contribution in [0.2, 0.25) is 0 Å². The summed E-state index contributed by atoms with van der Waals surface area (Å²) < 4.78 is 0. The standard InChI is InChI=1S/C19H20N6O/c1-2-20-19(26)25-10-6-13-3-4-15(11-16(13)25)24-12-14-5-7-22-18-17(14)21-8-9-23-18/h3-5,7-9,11,24H,2,6,10,12H2,1H3,(H,20,26). The van der Waals surface area contributed by atoms with Gasteiger partial charge in [0.1, 0.15) is 5.52 Å². The molecule has 7 heteroatoms. The molecule has 0 bridgehead atoms. The molecular weight excluding hydrogens is 328 g/mol. The molecule has 2 amide bonds. The smallest absolute Gasteiger partial charge is 0.321 e. The van der Waals surface area contributed by atoms with Crippen molar-refractivity contribution in [3.05, 3.63) is 54.0 Å². The van der Waals surface area contributed by atoms with Crippen molar-refractivity contribution in [3.8, 4) is 0 Å². The van der Waals surface area contributed by atoms with Gasteiger partial charge in [0.05, 0.1) is 5.69 Å². The summed E-state index contributed by atoms with van der Waals surface area (Å²) >= 11 is 0. The van der Waals surface area contributed by atoms with Gasteiger partial charge in [-0.15, -0.1) is 0 Å². The van der Waals surface area contributed by atoms with E-state index in [1.165, 1.54) is 5.56 Å². The van der Waals surface area contributed by atoms with E-state index in [9.17, 15) is 4.79 Å². The number of fused-ring (bicyclic) bond motifs is 2. The van der Waals surface area contributed by atoms with Gasteiger partial charge in [0.15, 0.2) is 5.65 Å². The molecule has 0 saturated heterocycles. The number of nitrogens with one attached hydrogen (secondary N) is 2. The van der Waals surface area contributed by atoms with Gasteiger partial charge in [-0.3, -0.25) is 9.88 Å². The number of pyridine rings is 1. The molecular formula is C19H20N6O. The van der Waals surface area contributed by atoms with E-state index < -0.39 is 0 Å². The lowest BCUT2D eigenvalue weighted by molar-refractivity contribution is 0.247. The third-order valence-corrected chi connectivity index (χ3v) is 4.49. The van der Waals surface area contributed by atoms with Crippen molar-refractivity contribution in [1.29, 1.82) is 0 Å². The SMILES string of the molecule is CCNC(=O)N1CCc2ccc(NCc3ccnc4nccnc34)cc21. The van der Waals surface area contributed by atoms with E-state index in [-0.39, 0.29) is 6.03 Å². The number of rotatable bonds is 4. The molecule has 1 aromatic carbocycles. The maximum absolute atomic E-state index is 12.2. The van der Waals surface area contributed by atoms with Crippen LogP contribution in [0.15, 0.2) is 42.9 Å². The first-order chi connectivity index (χ1) is 12.8. The number of amides is 2. The summed E-state index contributed by atoms with van der Waals surface area (Å²) in [7, 11) is 0. The minimum absolute atomic E-state index is 0.0428. The third kappa shape index (κ3) is 3.03. The van der Waals surface area contributed by atoms with E-state index in [1.807, 2.05) is 19.1 Å². The highest BCUT2D eigenvalue weighted by atomic mass is 16.2. The molecule has 1 aliphatic heterocycles. The van der Waals surface area contributed by atoms with Gasteiger partial charge >= 0.3 is 6.03 Å². The average Bonchev–Trinajstić information content (AvgIpc) is 3.10. The van der Waals surface area contributed by atoms with Crippen molar-refractivity contribution in [2.24, 2.45) is 0 Å². The van der Waals surface area contributed by atoms with Crippen molar-refractivity contribution in [3.63, 3.8) is 0 Å². The van der Waals surface area contributed by atoms with Gasteiger partial charge in [-0.1, -0.05) is 6.07 Å². The van der Waals surface area contributed by atoms with Crippen LogP contribution in [0.4, 0.5) is 16.2 Å². The molecule has 0 fully saturated rings. The molecule has 2 aromatic heterocycles. The van der Waals surface area contributed by atoms with E-state index in [2.05, 4.69) is 37.7 Å². The Labute approximate surface area is 151 Å². The summed E-state index contributed by atoms with van der Waals surface area (Å²) in [6.07, 6.45) is 5.95. The molecule has 26 heavy (non-hydrogen) atoms. The van der Waals surface area contributed by atoms with Crippen molar-refractivity contribution in [2.75, 3.05) is 23.3 Å². The fourth-order valence-corrected chi connectivity index (χ4v) is 3.22. The van der Waals surface area contributed by atoms with Crippen molar-refractivity contribution < 1.29 is 4.79 Å². The Hall–Kier alpha value is -3.22. The van der Waals surface area contributed by atoms with Gasteiger partial charge in [-0.2, -0.15) is 0 Å². The normalized spacial score (nSPS) is 12.9. The summed E-state index contributed by atoms with van der Waals surface area (Å²) in [5.41, 5.74) is 5.61. The van der Waals surface area contributed by atoms with Crippen molar-refractivity contribution in [2.45, 2.75) is 19.9 Å². The number of aromatic nitrogens is 3. The van der Waals surface area contributed by atoms with E-state index in [0.29, 0.717) is 18.7 Å². The number of urea groups is 1. The topological polar surface area (TPSA) is 83.0 Å². The van der Waals surface area contributed by atoms with Gasteiger partial charge in [0.2, 0.25) is 0 Å². The first kappa shape index (κ1) is 16.3. The number of nitrogens with zero attached hydrogens (tertiary/aromatic N) is 4. The van der Waals surface area contributed by atoms with Gasteiger partial charge in [-0.05, 0) is 37.1 Å². The Morgan fingerprint density at radius 3 is 2.88 bits per heavy atom. The van der Waals surface area contributed by atoms with Crippen LogP contribution in [0.3, 0.4) is 0 Å². The number of anilines is 2. The van der Waals surface area contributed by atoms with Gasteiger partial charge in [0, 0.05) is 49.5 Å². The van der Waals surface area contributed by atoms with Crippen LogP contribution >= 0.6 is 0 Å². The molecule has 132 valence electrons. The zero-order chi connectivity index (χ0) is 17.9. The Kier molecular flexibility index (Phi) is 4.35. The summed E-state index contributed by atoms with van der Waals surface area (Å²) in [6.45, 7) is 3.88. The van der Waals surface area contributed by atoms with Gasteiger partial charge in [0.25, 0.3) is 0 Å². The van der Waals surface area contributed by atoms with Crippen LogP contribution in [-0.4, -0.2) is 34.1 Å². The molecule has 1 aliphatic rings. The first-order valence-corrected chi connectivity index (χ1v) is 8.73. The molecule has 0 radical (unpaired) electrons. The Balaban J connectivity index is 1.54. The molecule has 0 spiro atoms. The van der Waals surface area contributed by atoms with E-state index in [1.54, 1.807) is 23.5 Å². The zero-order valence-corrected chi connectivity index (χ0v) is 14.6. The molecule has 0 aliphatic carbocycles. The summed E-state index contributed by atoms with van der Waals surface area (Å²) in [6, 6.07) is 8.07. The van der Waals surface area contributed by atoms with Crippen LogP contribution in [0, 0.1) is 0 Å². The molecule has 3 aromatic rings. The molecule has 4 rings (SSSR count). The lowest BCUT2D eigenvalue weighted by Crippen LogP contribution is -2.38. The second-order valence-electron chi connectivity index (χ2n) is 6.13. The Morgan fingerprint density at radius 1 is 1.15 bits per heavy atom. The lowest BCUT2D eigenvalue weighted by Gasteiger charge is -2.18. The third-order valence-electron chi connectivity index (χ3n) is 4.49. The fourth-order valence-electron chi connectivity index (χ4n) is 3.22. The maximum Gasteiger partial charge on any atom is 0.321 e. The number of hydrogen-bond donors (Lipinski definition) is 2. The summed E-state index contributed by atoms with van der Waals surface area (Å²) in [5.74, 6) is 0. The molecule has 0 unspecified atom stereocenters. The molecule has 3 heterocycles. The monoisotopic (exact) mass is 348 g/mol. The number of benzene rings is 1. The van der Waals surface area contributed by atoms with Crippen LogP contribution in [0.25, 0.3) is 11.2 Å². The molecule has 7 nitrogen and oxygen atoms in total. The fraction of sp³-hybridized carbons (Fsp3) is 0.263. The largest absolute Gasteiger partial charge is 0.381 e. The highest BCUT2D eigenvalue weighted by Gasteiger charge is 2.24. The molecule has 0 saturated carbocycles. The lowest BCUT2D eigenvalue weighted by atomic mass is 10.1. The predicted octanol–water partition coefficient (Wildman–Crippen LogP) is 2.73. The number of hydrogen-bond acceptors (Lipinski definition) is 5. The Morgan fingerprint density at radius 2 is 2.00 bits per heavy atom. The van der Waals surface area contributed by atoms with Crippen molar-refractivity contribution in [1.82, 2.24) is 20.3 Å². The predicted molar refractivity (Wildman–Crippen MR) is 101 cm³/mol. The first-order valence-electron chi connectivity index (χ1n) is 8.73. The van der Waals surface area contributed by atoms with E-state index >= 15 is 0 Å². The second kappa shape index (κ2) is 6.95. The van der Waals surface area contributed by atoms with E-state index in [0.717, 1.165) is 35.4 Å².